The maximum absolute atomic E-state index is 13.3. The Kier molecular flexibility index (Phi) is 5.52. The summed E-state index contributed by atoms with van der Waals surface area (Å²) < 4.78 is 20.1. The van der Waals surface area contributed by atoms with Gasteiger partial charge < -0.3 is 10.1 Å². The largest absolute Gasteiger partial charge is 0.497 e. The molecule has 0 spiro atoms. The van der Waals surface area contributed by atoms with Crippen LogP contribution < -0.4 is 10.1 Å². The molecule has 2 aromatic heterocycles. The molecular formula is C23H19FN4O2. The Hall–Kier alpha value is -4.00. The number of carbonyl (C=O) groups excluding carboxylic acids is 1. The molecule has 0 saturated heterocycles. The van der Waals surface area contributed by atoms with Gasteiger partial charge in [-0.1, -0.05) is 0 Å². The van der Waals surface area contributed by atoms with Gasteiger partial charge in [0.1, 0.15) is 17.3 Å². The van der Waals surface area contributed by atoms with E-state index in [2.05, 4.69) is 15.4 Å². The van der Waals surface area contributed by atoms with Crippen molar-refractivity contribution in [1.82, 2.24) is 20.1 Å². The lowest BCUT2D eigenvalue weighted by molar-refractivity contribution is 0.0943. The van der Waals surface area contributed by atoms with E-state index in [9.17, 15) is 9.18 Å². The first-order valence-corrected chi connectivity index (χ1v) is 9.31. The summed E-state index contributed by atoms with van der Waals surface area (Å²) in [4.78, 5) is 16.9. The number of hydrogen-bond donors (Lipinski definition) is 1. The van der Waals surface area contributed by atoms with Crippen LogP contribution in [0.1, 0.15) is 16.1 Å². The highest BCUT2D eigenvalue weighted by molar-refractivity contribution is 5.94. The van der Waals surface area contributed by atoms with Crippen molar-refractivity contribution >= 4 is 5.91 Å². The van der Waals surface area contributed by atoms with Gasteiger partial charge in [-0.15, -0.1) is 0 Å². The van der Waals surface area contributed by atoms with Crippen LogP contribution >= 0.6 is 0 Å². The number of nitrogens with zero attached hydrogens (tertiary/aromatic N) is 3. The Labute approximate surface area is 173 Å². The molecular weight excluding hydrogens is 383 g/mol. The first-order chi connectivity index (χ1) is 14.6. The molecule has 150 valence electrons. The van der Waals surface area contributed by atoms with Crippen molar-refractivity contribution in [2.45, 2.75) is 6.54 Å². The van der Waals surface area contributed by atoms with E-state index in [4.69, 9.17) is 4.74 Å². The number of benzene rings is 2. The number of nitrogens with one attached hydrogen (secondary N) is 1. The predicted octanol–water partition coefficient (Wildman–Crippen LogP) is 4.01. The molecule has 6 nitrogen and oxygen atoms in total. The zero-order valence-corrected chi connectivity index (χ0v) is 16.2. The van der Waals surface area contributed by atoms with Gasteiger partial charge in [0.05, 0.1) is 18.5 Å². The van der Waals surface area contributed by atoms with Crippen LogP contribution in [0.3, 0.4) is 0 Å². The summed E-state index contributed by atoms with van der Waals surface area (Å²) in [5.41, 5.74) is 3.30. The molecule has 0 atom stereocenters. The number of halogens is 1. The molecule has 30 heavy (non-hydrogen) atoms. The Bertz CT molecular complexity index is 1140. The van der Waals surface area contributed by atoms with Crippen molar-refractivity contribution < 1.29 is 13.9 Å². The van der Waals surface area contributed by atoms with Crippen molar-refractivity contribution in [1.29, 1.82) is 0 Å². The van der Waals surface area contributed by atoms with Crippen LogP contribution in [0.5, 0.6) is 5.75 Å². The molecule has 2 heterocycles. The molecule has 0 fully saturated rings. The summed E-state index contributed by atoms with van der Waals surface area (Å²) >= 11 is 0. The molecule has 0 unspecified atom stereocenters. The van der Waals surface area contributed by atoms with Gasteiger partial charge >= 0.3 is 0 Å². The molecule has 0 aliphatic heterocycles. The third kappa shape index (κ3) is 4.20. The highest BCUT2D eigenvalue weighted by Gasteiger charge is 2.18. The topological polar surface area (TPSA) is 69.0 Å². The Morgan fingerprint density at radius 2 is 1.73 bits per heavy atom. The highest BCUT2D eigenvalue weighted by atomic mass is 19.1. The molecule has 7 heteroatoms. The molecule has 0 aliphatic carbocycles. The van der Waals surface area contributed by atoms with Crippen molar-refractivity contribution in [3.8, 4) is 22.7 Å². The minimum atomic E-state index is -0.330. The fraction of sp³-hybridized carbons (Fsp3) is 0.0870. The summed E-state index contributed by atoms with van der Waals surface area (Å²) in [6, 6.07) is 18.6. The number of amides is 1. The SMILES string of the molecule is COc1ccc(-n2nc(-c3ccc(F)cc3)cc2C(=O)NCc2ccncc2)cc1. The van der Waals surface area contributed by atoms with Gasteiger partial charge in [-0.2, -0.15) is 5.10 Å². The molecule has 0 saturated carbocycles. The standard InChI is InChI=1S/C23H19FN4O2/c1-30-20-8-6-19(7-9-20)28-22(23(29)26-15-16-10-12-25-13-11-16)14-21(27-28)17-2-4-18(24)5-3-17/h2-14H,15H2,1H3,(H,26,29). The minimum absolute atomic E-state index is 0.275. The van der Waals surface area contributed by atoms with Gasteiger partial charge in [-0.25, -0.2) is 9.07 Å². The van der Waals surface area contributed by atoms with E-state index in [1.54, 1.807) is 54.5 Å². The van der Waals surface area contributed by atoms with Crippen LogP contribution in [-0.4, -0.2) is 27.8 Å². The lowest BCUT2D eigenvalue weighted by Crippen LogP contribution is -2.25. The minimum Gasteiger partial charge on any atom is -0.497 e. The van der Waals surface area contributed by atoms with Gasteiger partial charge in [-0.05, 0) is 72.3 Å². The Balaban J connectivity index is 1.68. The van der Waals surface area contributed by atoms with Crippen LogP contribution in [0.25, 0.3) is 16.9 Å². The van der Waals surface area contributed by atoms with Crippen molar-refractivity contribution in [3.63, 3.8) is 0 Å². The van der Waals surface area contributed by atoms with Crippen molar-refractivity contribution in [3.05, 3.63) is 96.2 Å². The lowest BCUT2D eigenvalue weighted by atomic mass is 10.1. The van der Waals surface area contributed by atoms with Gasteiger partial charge in [0.15, 0.2) is 0 Å². The highest BCUT2D eigenvalue weighted by Crippen LogP contribution is 2.23. The van der Waals surface area contributed by atoms with E-state index < -0.39 is 0 Å². The van der Waals surface area contributed by atoms with E-state index in [0.717, 1.165) is 5.56 Å². The normalized spacial score (nSPS) is 10.6. The number of carbonyl (C=O) groups is 1. The number of aromatic nitrogens is 3. The second-order valence-corrected chi connectivity index (χ2v) is 6.57. The van der Waals surface area contributed by atoms with Gasteiger partial charge in [0, 0.05) is 24.5 Å². The third-order valence-electron chi connectivity index (χ3n) is 4.60. The molecule has 4 aromatic rings. The zero-order chi connectivity index (χ0) is 20.9. The van der Waals surface area contributed by atoms with Gasteiger partial charge in [0.2, 0.25) is 0 Å². The maximum atomic E-state index is 13.3. The van der Waals surface area contributed by atoms with Crippen LogP contribution in [0, 0.1) is 5.82 Å². The second-order valence-electron chi connectivity index (χ2n) is 6.57. The fourth-order valence-electron chi connectivity index (χ4n) is 3.00. The zero-order valence-electron chi connectivity index (χ0n) is 16.2. The van der Waals surface area contributed by atoms with Gasteiger partial charge in [-0.3, -0.25) is 9.78 Å². The Morgan fingerprint density at radius 1 is 1.03 bits per heavy atom. The summed E-state index contributed by atoms with van der Waals surface area (Å²) in [5, 5.41) is 7.50. The molecule has 0 bridgehead atoms. The number of methoxy groups -OCH3 is 1. The average molecular weight is 402 g/mol. The van der Waals surface area contributed by atoms with Crippen LogP contribution in [0.2, 0.25) is 0 Å². The van der Waals surface area contributed by atoms with E-state index in [0.29, 0.717) is 34.9 Å². The number of ether oxygens (including phenoxy) is 1. The third-order valence-corrected chi connectivity index (χ3v) is 4.60. The first kappa shape index (κ1) is 19.3. The summed E-state index contributed by atoms with van der Waals surface area (Å²) in [6.45, 7) is 0.362. The number of rotatable bonds is 6. The Morgan fingerprint density at radius 3 is 2.40 bits per heavy atom. The van der Waals surface area contributed by atoms with Crippen molar-refractivity contribution in [2.24, 2.45) is 0 Å². The maximum Gasteiger partial charge on any atom is 0.270 e. The average Bonchev–Trinajstić information content (AvgIpc) is 3.24. The number of hydrogen-bond acceptors (Lipinski definition) is 4. The van der Waals surface area contributed by atoms with E-state index >= 15 is 0 Å². The molecule has 1 amide bonds. The summed E-state index contributed by atoms with van der Waals surface area (Å²) in [5.74, 6) is 0.0977. The summed E-state index contributed by atoms with van der Waals surface area (Å²) in [6.07, 6.45) is 3.35. The molecule has 4 rings (SSSR count). The van der Waals surface area contributed by atoms with E-state index in [-0.39, 0.29) is 11.7 Å². The van der Waals surface area contributed by atoms with E-state index in [1.165, 1.54) is 12.1 Å². The predicted molar refractivity (Wildman–Crippen MR) is 111 cm³/mol. The fourth-order valence-corrected chi connectivity index (χ4v) is 3.00. The molecule has 2 aromatic carbocycles. The number of pyridine rings is 1. The van der Waals surface area contributed by atoms with E-state index in [1.807, 2.05) is 24.3 Å². The lowest BCUT2D eigenvalue weighted by Gasteiger charge is -2.09. The first-order valence-electron chi connectivity index (χ1n) is 9.31. The molecule has 0 radical (unpaired) electrons. The smallest absolute Gasteiger partial charge is 0.270 e. The van der Waals surface area contributed by atoms with Crippen LogP contribution in [0.4, 0.5) is 4.39 Å². The molecule has 1 N–H and O–H groups in total. The quantitative estimate of drug-likeness (QED) is 0.529. The monoisotopic (exact) mass is 402 g/mol. The van der Waals surface area contributed by atoms with Crippen molar-refractivity contribution in [2.75, 3.05) is 7.11 Å². The van der Waals surface area contributed by atoms with Crippen LogP contribution in [-0.2, 0) is 6.54 Å². The summed E-state index contributed by atoms with van der Waals surface area (Å²) in [7, 11) is 1.59. The van der Waals surface area contributed by atoms with Gasteiger partial charge in [0.25, 0.3) is 5.91 Å². The van der Waals surface area contributed by atoms with Crippen LogP contribution in [0.15, 0.2) is 79.1 Å². The second kappa shape index (κ2) is 8.57. The molecule has 0 aliphatic rings.